The molecule has 0 amide bonds. The minimum absolute atomic E-state index is 0.156. The second-order valence-electron chi connectivity index (χ2n) is 6.73. The van der Waals surface area contributed by atoms with Gasteiger partial charge in [-0.05, 0) is 53.6 Å². The summed E-state index contributed by atoms with van der Waals surface area (Å²) < 4.78 is 12.5. The standard InChI is InChI=1S/C21H21N3O3/c1-26-18-4-2-16(3-5-18)19-11-17(19)12-21(25)27-13-15-6-7-23-20(10-15)24-9-8-22-14-24/h2-10,14,17,19H,11-13H2,1H3/t17-,19-/m0/s1. The van der Waals surface area contributed by atoms with Crippen LogP contribution in [0.4, 0.5) is 0 Å². The van der Waals surface area contributed by atoms with E-state index >= 15 is 0 Å². The number of aromatic nitrogens is 3. The number of rotatable bonds is 7. The molecule has 1 aliphatic carbocycles. The van der Waals surface area contributed by atoms with Gasteiger partial charge in [-0.2, -0.15) is 0 Å². The molecule has 138 valence electrons. The molecule has 0 aliphatic heterocycles. The van der Waals surface area contributed by atoms with Crippen LogP contribution in [0.3, 0.4) is 0 Å². The molecule has 4 rings (SSSR count). The molecule has 0 unspecified atom stereocenters. The topological polar surface area (TPSA) is 66.2 Å². The molecular weight excluding hydrogens is 342 g/mol. The summed E-state index contributed by atoms with van der Waals surface area (Å²) in [4.78, 5) is 20.5. The van der Waals surface area contributed by atoms with Crippen molar-refractivity contribution in [1.82, 2.24) is 14.5 Å². The SMILES string of the molecule is COc1ccc([C@@H]2C[C@H]2CC(=O)OCc2ccnc(-n3ccnc3)c2)cc1. The zero-order chi connectivity index (χ0) is 18.6. The molecule has 1 aliphatic rings. The highest BCUT2D eigenvalue weighted by atomic mass is 16.5. The van der Waals surface area contributed by atoms with Crippen LogP contribution in [-0.4, -0.2) is 27.6 Å². The summed E-state index contributed by atoms with van der Waals surface area (Å²) in [6, 6.07) is 11.8. The normalized spacial score (nSPS) is 18.1. The number of methoxy groups -OCH3 is 1. The number of carbonyl (C=O) groups is 1. The second-order valence-corrected chi connectivity index (χ2v) is 6.73. The zero-order valence-electron chi connectivity index (χ0n) is 15.1. The minimum atomic E-state index is -0.156. The van der Waals surface area contributed by atoms with Crippen molar-refractivity contribution < 1.29 is 14.3 Å². The Balaban J connectivity index is 1.27. The molecule has 2 atom stereocenters. The Bertz CT molecular complexity index is 907. The fourth-order valence-electron chi connectivity index (χ4n) is 3.26. The largest absolute Gasteiger partial charge is 0.497 e. The molecule has 6 nitrogen and oxygen atoms in total. The molecule has 0 saturated heterocycles. The van der Waals surface area contributed by atoms with Gasteiger partial charge in [0, 0.05) is 25.0 Å². The van der Waals surface area contributed by atoms with Gasteiger partial charge in [-0.1, -0.05) is 12.1 Å². The van der Waals surface area contributed by atoms with E-state index < -0.39 is 0 Å². The van der Waals surface area contributed by atoms with Gasteiger partial charge in [-0.15, -0.1) is 0 Å². The molecule has 1 fully saturated rings. The summed E-state index contributed by atoms with van der Waals surface area (Å²) >= 11 is 0. The number of imidazole rings is 1. The maximum atomic E-state index is 12.2. The van der Waals surface area contributed by atoms with Crippen molar-refractivity contribution in [3.8, 4) is 11.6 Å². The predicted molar refractivity (Wildman–Crippen MR) is 99.6 cm³/mol. The van der Waals surface area contributed by atoms with Gasteiger partial charge in [0.2, 0.25) is 0 Å². The van der Waals surface area contributed by atoms with E-state index in [0.717, 1.165) is 23.6 Å². The maximum absolute atomic E-state index is 12.2. The first-order valence-corrected chi connectivity index (χ1v) is 8.96. The molecule has 0 N–H and O–H groups in total. The number of benzene rings is 1. The number of hydrogen-bond donors (Lipinski definition) is 0. The number of hydrogen-bond acceptors (Lipinski definition) is 5. The van der Waals surface area contributed by atoms with E-state index in [4.69, 9.17) is 9.47 Å². The number of ether oxygens (including phenoxy) is 2. The lowest BCUT2D eigenvalue weighted by atomic mass is 10.1. The fourth-order valence-corrected chi connectivity index (χ4v) is 3.26. The molecule has 6 heteroatoms. The van der Waals surface area contributed by atoms with Gasteiger partial charge in [-0.25, -0.2) is 9.97 Å². The van der Waals surface area contributed by atoms with Crippen molar-refractivity contribution in [2.45, 2.75) is 25.4 Å². The van der Waals surface area contributed by atoms with Crippen LogP contribution in [0.25, 0.3) is 5.82 Å². The third-order valence-corrected chi connectivity index (χ3v) is 4.87. The van der Waals surface area contributed by atoms with Gasteiger partial charge in [0.25, 0.3) is 0 Å². The number of nitrogens with zero attached hydrogens (tertiary/aromatic N) is 3. The second kappa shape index (κ2) is 7.61. The van der Waals surface area contributed by atoms with Crippen LogP contribution < -0.4 is 4.74 Å². The Morgan fingerprint density at radius 1 is 1.22 bits per heavy atom. The lowest BCUT2D eigenvalue weighted by molar-refractivity contribution is -0.145. The molecule has 0 radical (unpaired) electrons. The van der Waals surface area contributed by atoms with Gasteiger partial charge in [0.05, 0.1) is 7.11 Å². The van der Waals surface area contributed by atoms with Crippen molar-refractivity contribution >= 4 is 5.97 Å². The summed E-state index contributed by atoms with van der Waals surface area (Å²) in [6.07, 6.45) is 8.40. The Morgan fingerprint density at radius 3 is 2.81 bits per heavy atom. The van der Waals surface area contributed by atoms with E-state index in [1.165, 1.54) is 5.56 Å². The lowest BCUT2D eigenvalue weighted by Gasteiger charge is -2.07. The first kappa shape index (κ1) is 17.3. The molecule has 0 spiro atoms. The molecule has 3 aromatic rings. The van der Waals surface area contributed by atoms with Crippen molar-refractivity contribution in [3.63, 3.8) is 0 Å². The van der Waals surface area contributed by atoms with Crippen LogP contribution in [0.15, 0.2) is 61.3 Å². The summed E-state index contributed by atoms with van der Waals surface area (Å²) in [5.41, 5.74) is 2.16. The molecule has 2 heterocycles. The Kier molecular flexibility index (Phi) is 4.87. The van der Waals surface area contributed by atoms with Crippen LogP contribution in [0.1, 0.15) is 29.9 Å². The van der Waals surface area contributed by atoms with Crippen LogP contribution in [0.5, 0.6) is 5.75 Å². The predicted octanol–water partition coefficient (Wildman–Crippen LogP) is 3.51. The van der Waals surface area contributed by atoms with Gasteiger partial charge in [-0.3, -0.25) is 9.36 Å². The number of esters is 1. The maximum Gasteiger partial charge on any atom is 0.306 e. The first-order valence-electron chi connectivity index (χ1n) is 8.96. The molecule has 0 bridgehead atoms. The van der Waals surface area contributed by atoms with E-state index in [0.29, 0.717) is 18.3 Å². The van der Waals surface area contributed by atoms with Crippen LogP contribution in [-0.2, 0) is 16.1 Å². The molecule has 2 aromatic heterocycles. The monoisotopic (exact) mass is 363 g/mol. The number of carbonyl (C=O) groups excluding carboxylic acids is 1. The zero-order valence-corrected chi connectivity index (χ0v) is 15.1. The summed E-state index contributed by atoms with van der Waals surface area (Å²) in [5, 5.41) is 0. The average Bonchev–Trinajstić information content (AvgIpc) is 3.24. The van der Waals surface area contributed by atoms with Crippen molar-refractivity contribution in [1.29, 1.82) is 0 Å². The van der Waals surface area contributed by atoms with E-state index in [1.807, 2.05) is 35.0 Å². The van der Waals surface area contributed by atoms with E-state index in [2.05, 4.69) is 22.1 Å². The molecule has 27 heavy (non-hydrogen) atoms. The third-order valence-electron chi connectivity index (χ3n) is 4.87. The Labute approximate surface area is 157 Å². The van der Waals surface area contributed by atoms with Gasteiger partial charge >= 0.3 is 5.97 Å². The summed E-state index contributed by atoms with van der Waals surface area (Å²) in [7, 11) is 1.66. The first-order chi connectivity index (χ1) is 13.2. The van der Waals surface area contributed by atoms with Gasteiger partial charge in [0.15, 0.2) is 0 Å². The molecule has 1 aromatic carbocycles. The van der Waals surface area contributed by atoms with Crippen molar-refractivity contribution in [2.24, 2.45) is 5.92 Å². The van der Waals surface area contributed by atoms with Crippen LogP contribution in [0, 0.1) is 5.92 Å². The third kappa shape index (κ3) is 4.16. The quantitative estimate of drug-likeness (QED) is 0.601. The van der Waals surface area contributed by atoms with Crippen molar-refractivity contribution in [3.05, 3.63) is 72.4 Å². The fraction of sp³-hybridized carbons (Fsp3) is 0.286. The van der Waals surface area contributed by atoms with Crippen LogP contribution in [0.2, 0.25) is 0 Å². The molecular formula is C21H21N3O3. The summed E-state index contributed by atoms with van der Waals surface area (Å²) in [6.45, 7) is 0.253. The van der Waals surface area contributed by atoms with Crippen molar-refractivity contribution in [2.75, 3.05) is 7.11 Å². The van der Waals surface area contributed by atoms with Gasteiger partial charge < -0.3 is 9.47 Å². The Hall–Kier alpha value is -3.15. The number of pyridine rings is 1. The smallest absolute Gasteiger partial charge is 0.306 e. The lowest BCUT2D eigenvalue weighted by Crippen LogP contribution is -2.06. The highest BCUT2D eigenvalue weighted by molar-refractivity contribution is 5.70. The minimum Gasteiger partial charge on any atom is -0.497 e. The van der Waals surface area contributed by atoms with E-state index in [1.54, 1.807) is 25.8 Å². The van der Waals surface area contributed by atoms with E-state index in [-0.39, 0.29) is 12.6 Å². The average molecular weight is 363 g/mol. The van der Waals surface area contributed by atoms with Crippen LogP contribution >= 0.6 is 0 Å². The Morgan fingerprint density at radius 2 is 2.07 bits per heavy atom. The highest BCUT2D eigenvalue weighted by Gasteiger charge is 2.39. The highest BCUT2D eigenvalue weighted by Crippen LogP contribution is 2.49. The summed E-state index contributed by atoms with van der Waals surface area (Å²) in [5.74, 6) is 2.25. The molecule has 1 saturated carbocycles. The van der Waals surface area contributed by atoms with E-state index in [9.17, 15) is 4.79 Å². The van der Waals surface area contributed by atoms with Gasteiger partial charge in [0.1, 0.15) is 24.5 Å².